The molecule has 1 aliphatic rings. The first-order valence-electron chi connectivity index (χ1n) is 7.51. The summed E-state index contributed by atoms with van der Waals surface area (Å²) in [7, 11) is 0. The topological polar surface area (TPSA) is 29.9 Å². The number of fused-ring (bicyclic) bond motifs is 1. The minimum Gasteiger partial charge on any atom is -0.310 e. The Morgan fingerprint density at radius 3 is 3.00 bits per heavy atom. The maximum atomic E-state index is 4.58. The third-order valence-corrected chi connectivity index (χ3v) is 5.26. The molecule has 1 fully saturated rings. The van der Waals surface area contributed by atoms with Crippen LogP contribution in [-0.4, -0.2) is 15.8 Å². The van der Waals surface area contributed by atoms with E-state index >= 15 is 0 Å². The van der Waals surface area contributed by atoms with Gasteiger partial charge in [0.2, 0.25) is 0 Å². The van der Waals surface area contributed by atoms with Crippen LogP contribution in [0.4, 0.5) is 0 Å². The molecule has 1 aromatic carbocycles. The summed E-state index contributed by atoms with van der Waals surface area (Å²) in [5.41, 5.74) is 3.96. The molecular formula is C17H19N3S. The molecule has 0 atom stereocenters. The van der Waals surface area contributed by atoms with Gasteiger partial charge in [-0.2, -0.15) is 5.10 Å². The summed E-state index contributed by atoms with van der Waals surface area (Å²) in [5.74, 6) is 0. The van der Waals surface area contributed by atoms with Crippen LogP contribution in [0.15, 0.2) is 35.8 Å². The van der Waals surface area contributed by atoms with Gasteiger partial charge in [0.25, 0.3) is 0 Å². The summed E-state index contributed by atoms with van der Waals surface area (Å²) in [6, 6.07) is 9.34. The lowest BCUT2D eigenvalue weighted by Crippen LogP contribution is -2.15. The van der Waals surface area contributed by atoms with Crippen LogP contribution in [0.2, 0.25) is 0 Å². The molecule has 0 aliphatic heterocycles. The SMILES string of the molecule is Cc1c(CNC2CC2)cnn1Cc1csc2ccccc12. The molecule has 108 valence electrons. The highest BCUT2D eigenvalue weighted by molar-refractivity contribution is 7.17. The first-order valence-corrected chi connectivity index (χ1v) is 8.39. The molecule has 2 heterocycles. The van der Waals surface area contributed by atoms with E-state index in [-0.39, 0.29) is 0 Å². The number of benzene rings is 1. The molecule has 0 spiro atoms. The van der Waals surface area contributed by atoms with Gasteiger partial charge in [0.15, 0.2) is 0 Å². The molecule has 21 heavy (non-hydrogen) atoms. The Labute approximate surface area is 128 Å². The molecule has 2 aromatic heterocycles. The third-order valence-electron chi connectivity index (χ3n) is 4.24. The average Bonchev–Trinajstić information content (AvgIpc) is 3.16. The minimum atomic E-state index is 0.744. The van der Waals surface area contributed by atoms with Crippen molar-refractivity contribution in [3.05, 3.63) is 52.7 Å². The quantitative estimate of drug-likeness (QED) is 0.778. The normalized spacial score (nSPS) is 14.9. The monoisotopic (exact) mass is 297 g/mol. The molecule has 4 rings (SSSR count). The fraction of sp³-hybridized carbons (Fsp3) is 0.353. The van der Waals surface area contributed by atoms with Gasteiger partial charge < -0.3 is 5.32 Å². The Morgan fingerprint density at radius 2 is 2.14 bits per heavy atom. The number of hydrogen-bond acceptors (Lipinski definition) is 3. The van der Waals surface area contributed by atoms with E-state index in [1.165, 1.54) is 39.7 Å². The summed E-state index contributed by atoms with van der Waals surface area (Å²) in [4.78, 5) is 0. The zero-order valence-electron chi connectivity index (χ0n) is 12.2. The number of nitrogens with one attached hydrogen (secondary N) is 1. The van der Waals surface area contributed by atoms with Gasteiger partial charge in [-0.3, -0.25) is 4.68 Å². The molecule has 1 aliphatic carbocycles. The van der Waals surface area contributed by atoms with Crippen molar-refractivity contribution >= 4 is 21.4 Å². The Bertz CT molecular complexity index is 767. The highest BCUT2D eigenvalue weighted by Crippen LogP contribution is 2.26. The molecule has 3 aromatic rings. The van der Waals surface area contributed by atoms with Gasteiger partial charge in [-0.05, 0) is 42.2 Å². The highest BCUT2D eigenvalue weighted by atomic mass is 32.1. The smallest absolute Gasteiger partial charge is 0.0676 e. The largest absolute Gasteiger partial charge is 0.310 e. The van der Waals surface area contributed by atoms with E-state index in [0.29, 0.717) is 0 Å². The summed E-state index contributed by atoms with van der Waals surface area (Å²) < 4.78 is 3.48. The van der Waals surface area contributed by atoms with Crippen molar-refractivity contribution in [3.63, 3.8) is 0 Å². The molecule has 0 bridgehead atoms. The van der Waals surface area contributed by atoms with E-state index in [1.54, 1.807) is 0 Å². The molecule has 0 radical (unpaired) electrons. The predicted molar refractivity (Wildman–Crippen MR) is 87.8 cm³/mol. The standard InChI is InChI=1S/C17H19N3S/c1-12-13(8-18-15-6-7-15)9-19-20(12)10-14-11-21-17-5-3-2-4-16(14)17/h2-5,9,11,15,18H,6-8,10H2,1H3. The van der Waals surface area contributed by atoms with Crippen molar-refractivity contribution in [1.82, 2.24) is 15.1 Å². The van der Waals surface area contributed by atoms with E-state index in [0.717, 1.165) is 19.1 Å². The van der Waals surface area contributed by atoms with Crippen molar-refractivity contribution in [3.8, 4) is 0 Å². The average molecular weight is 297 g/mol. The zero-order valence-corrected chi connectivity index (χ0v) is 13.0. The fourth-order valence-electron chi connectivity index (χ4n) is 2.68. The molecular weight excluding hydrogens is 278 g/mol. The van der Waals surface area contributed by atoms with E-state index in [4.69, 9.17) is 0 Å². The van der Waals surface area contributed by atoms with Gasteiger partial charge in [0, 0.05) is 28.5 Å². The number of aromatic nitrogens is 2. The van der Waals surface area contributed by atoms with Crippen LogP contribution < -0.4 is 5.32 Å². The van der Waals surface area contributed by atoms with Gasteiger partial charge in [-0.15, -0.1) is 11.3 Å². The third kappa shape index (κ3) is 2.61. The lowest BCUT2D eigenvalue weighted by atomic mass is 10.2. The Kier molecular flexibility index (Phi) is 3.28. The summed E-state index contributed by atoms with van der Waals surface area (Å²) in [6.45, 7) is 3.98. The van der Waals surface area contributed by atoms with Crippen molar-refractivity contribution in [2.45, 2.75) is 38.9 Å². The van der Waals surface area contributed by atoms with Crippen LogP contribution in [0, 0.1) is 6.92 Å². The van der Waals surface area contributed by atoms with Crippen LogP contribution in [-0.2, 0) is 13.1 Å². The molecule has 1 saturated carbocycles. The maximum Gasteiger partial charge on any atom is 0.0676 e. The molecule has 4 heteroatoms. The fourth-order valence-corrected chi connectivity index (χ4v) is 3.63. The van der Waals surface area contributed by atoms with Crippen molar-refractivity contribution < 1.29 is 0 Å². The first-order chi connectivity index (χ1) is 10.3. The van der Waals surface area contributed by atoms with Crippen LogP contribution in [0.3, 0.4) is 0 Å². The van der Waals surface area contributed by atoms with Gasteiger partial charge in [-0.1, -0.05) is 18.2 Å². The zero-order chi connectivity index (χ0) is 14.2. The van der Waals surface area contributed by atoms with Crippen LogP contribution >= 0.6 is 11.3 Å². The second-order valence-electron chi connectivity index (χ2n) is 5.83. The highest BCUT2D eigenvalue weighted by Gasteiger charge is 2.20. The molecule has 0 saturated heterocycles. The summed E-state index contributed by atoms with van der Waals surface area (Å²) in [5, 5.41) is 11.8. The first kappa shape index (κ1) is 13.0. The molecule has 0 amide bonds. The number of nitrogens with zero attached hydrogens (tertiary/aromatic N) is 2. The van der Waals surface area contributed by atoms with E-state index in [9.17, 15) is 0 Å². The van der Waals surface area contributed by atoms with Crippen molar-refractivity contribution in [2.75, 3.05) is 0 Å². The van der Waals surface area contributed by atoms with Gasteiger partial charge in [-0.25, -0.2) is 0 Å². The number of thiophene rings is 1. The van der Waals surface area contributed by atoms with Gasteiger partial charge in [0.1, 0.15) is 0 Å². The predicted octanol–water partition coefficient (Wildman–Crippen LogP) is 3.71. The van der Waals surface area contributed by atoms with Crippen molar-refractivity contribution in [2.24, 2.45) is 0 Å². The lowest BCUT2D eigenvalue weighted by molar-refractivity contribution is 0.657. The maximum absolute atomic E-state index is 4.58. The Hall–Kier alpha value is -1.65. The molecule has 3 nitrogen and oxygen atoms in total. The van der Waals surface area contributed by atoms with E-state index in [2.05, 4.69) is 51.7 Å². The number of hydrogen-bond donors (Lipinski definition) is 1. The summed E-state index contributed by atoms with van der Waals surface area (Å²) in [6.07, 6.45) is 4.67. The Morgan fingerprint density at radius 1 is 1.29 bits per heavy atom. The van der Waals surface area contributed by atoms with Crippen LogP contribution in [0.25, 0.3) is 10.1 Å². The van der Waals surface area contributed by atoms with Gasteiger partial charge >= 0.3 is 0 Å². The van der Waals surface area contributed by atoms with Gasteiger partial charge in [0.05, 0.1) is 12.7 Å². The van der Waals surface area contributed by atoms with E-state index < -0.39 is 0 Å². The van der Waals surface area contributed by atoms with Crippen LogP contribution in [0.1, 0.15) is 29.7 Å². The van der Waals surface area contributed by atoms with Crippen molar-refractivity contribution in [1.29, 1.82) is 0 Å². The Balaban J connectivity index is 1.56. The molecule has 1 N–H and O–H groups in total. The number of rotatable bonds is 5. The minimum absolute atomic E-state index is 0.744. The second kappa shape index (κ2) is 5.28. The van der Waals surface area contributed by atoms with E-state index in [1.807, 2.05) is 17.5 Å². The molecule has 0 unspecified atom stereocenters. The summed E-state index contributed by atoms with van der Waals surface area (Å²) >= 11 is 1.81. The van der Waals surface area contributed by atoms with Crippen LogP contribution in [0.5, 0.6) is 0 Å². The second-order valence-corrected chi connectivity index (χ2v) is 6.74. The lowest BCUT2D eigenvalue weighted by Gasteiger charge is -2.06.